The first-order chi connectivity index (χ1) is 12.3. The molecule has 0 saturated carbocycles. The Kier molecular flexibility index (Phi) is 4.06. The number of rotatable bonds is 2. The molecule has 2 aliphatic heterocycles. The molecular formula is C18H23BN4O3. The van der Waals surface area contributed by atoms with Crippen molar-refractivity contribution in [2.45, 2.75) is 64.4 Å². The van der Waals surface area contributed by atoms with Crippen LogP contribution in [0.3, 0.4) is 0 Å². The summed E-state index contributed by atoms with van der Waals surface area (Å²) >= 11 is 0. The zero-order valence-corrected chi connectivity index (χ0v) is 15.7. The molecule has 26 heavy (non-hydrogen) atoms. The van der Waals surface area contributed by atoms with Crippen molar-refractivity contribution in [1.29, 1.82) is 5.26 Å². The lowest BCUT2D eigenvalue weighted by Crippen LogP contribution is -2.41. The minimum atomic E-state index is -0.624. The summed E-state index contributed by atoms with van der Waals surface area (Å²) in [7, 11) is -0.624. The van der Waals surface area contributed by atoms with Gasteiger partial charge in [-0.15, -0.1) is 0 Å². The summed E-state index contributed by atoms with van der Waals surface area (Å²) in [5.41, 5.74) is 0.853. The molecule has 4 heterocycles. The lowest BCUT2D eigenvalue weighted by atomic mass is 9.77. The molecule has 2 aliphatic rings. The van der Waals surface area contributed by atoms with Crippen LogP contribution in [0, 0.1) is 11.3 Å². The molecule has 0 aliphatic carbocycles. The zero-order chi connectivity index (χ0) is 18.5. The van der Waals surface area contributed by atoms with E-state index in [0.717, 1.165) is 25.9 Å². The Hall–Kier alpha value is -1.95. The van der Waals surface area contributed by atoms with Crippen molar-refractivity contribution < 1.29 is 14.0 Å². The van der Waals surface area contributed by atoms with Gasteiger partial charge in [0.05, 0.1) is 34.4 Å². The van der Waals surface area contributed by atoms with Crippen molar-refractivity contribution in [1.82, 2.24) is 14.8 Å². The Bertz CT molecular complexity index is 864. The summed E-state index contributed by atoms with van der Waals surface area (Å²) in [6.45, 7) is 8.68. The van der Waals surface area contributed by atoms with Crippen LogP contribution in [-0.4, -0.2) is 39.7 Å². The highest BCUT2D eigenvalue weighted by molar-refractivity contribution is 6.63. The molecule has 8 heteroatoms. The molecule has 2 fully saturated rings. The second-order valence-corrected chi connectivity index (χ2v) is 7.94. The van der Waals surface area contributed by atoms with Gasteiger partial charge in [-0.25, -0.2) is 9.67 Å². The molecule has 0 radical (unpaired) electrons. The van der Waals surface area contributed by atoms with E-state index in [1.54, 1.807) is 17.1 Å². The molecule has 1 unspecified atom stereocenters. The fraction of sp³-hybridized carbons (Fsp3) is 0.611. The van der Waals surface area contributed by atoms with Crippen LogP contribution >= 0.6 is 0 Å². The average molecular weight is 354 g/mol. The van der Waals surface area contributed by atoms with Gasteiger partial charge >= 0.3 is 7.12 Å². The summed E-state index contributed by atoms with van der Waals surface area (Å²) < 4.78 is 19.8. The van der Waals surface area contributed by atoms with E-state index in [1.165, 1.54) is 0 Å². The third-order valence-electron chi connectivity index (χ3n) is 5.70. The minimum Gasteiger partial charge on any atom is -0.399 e. The number of hydrogen-bond acceptors (Lipinski definition) is 6. The highest BCUT2D eigenvalue weighted by Crippen LogP contribution is 2.37. The number of hydrogen-bond donors (Lipinski definition) is 0. The number of nitrogens with zero attached hydrogens (tertiary/aromatic N) is 4. The van der Waals surface area contributed by atoms with Gasteiger partial charge in [0.25, 0.3) is 0 Å². The molecule has 1 atom stereocenters. The maximum Gasteiger partial charge on any atom is 0.497 e. The predicted molar refractivity (Wildman–Crippen MR) is 96.8 cm³/mol. The summed E-state index contributed by atoms with van der Waals surface area (Å²) in [5.74, 6) is 0. The Labute approximate surface area is 153 Å². The van der Waals surface area contributed by atoms with Crippen molar-refractivity contribution in [3.05, 3.63) is 18.0 Å². The van der Waals surface area contributed by atoms with E-state index in [9.17, 15) is 5.26 Å². The average Bonchev–Trinajstić information content (AvgIpc) is 3.13. The van der Waals surface area contributed by atoms with Crippen molar-refractivity contribution in [3.8, 4) is 6.07 Å². The number of ether oxygens (including phenoxy) is 1. The van der Waals surface area contributed by atoms with Crippen LogP contribution in [0.2, 0.25) is 0 Å². The van der Waals surface area contributed by atoms with E-state index in [4.69, 9.17) is 14.0 Å². The van der Waals surface area contributed by atoms with E-state index in [0.29, 0.717) is 22.1 Å². The van der Waals surface area contributed by atoms with Gasteiger partial charge < -0.3 is 14.0 Å². The Morgan fingerprint density at radius 2 is 1.92 bits per heavy atom. The lowest BCUT2D eigenvalue weighted by molar-refractivity contribution is -0.0370. The van der Waals surface area contributed by atoms with E-state index < -0.39 is 18.3 Å². The smallest absolute Gasteiger partial charge is 0.399 e. The highest BCUT2D eigenvalue weighted by atomic mass is 16.7. The van der Waals surface area contributed by atoms with E-state index in [2.05, 4.69) is 16.2 Å². The fourth-order valence-corrected chi connectivity index (χ4v) is 3.41. The van der Waals surface area contributed by atoms with Crippen molar-refractivity contribution in [2.24, 2.45) is 0 Å². The van der Waals surface area contributed by atoms with Crippen molar-refractivity contribution in [3.63, 3.8) is 0 Å². The Balaban J connectivity index is 1.75. The van der Waals surface area contributed by atoms with Gasteiger partial charge in [0.1, 0.15) is 0 Å². The van der Waals surface area contributed by atoms with Crippen LogP contribution in [0.4, 0.5) is 0 Å². The van der Waals surface area contributed by atoms with Gasteiger partial charge in [0.2, 0.25) is 0 Å². The third-order valence-corrected chi connectivity index (χ3v) is 5.70. The zero-order valence-electron chi connectivity index (χ0n) is 15.7. The number of nitriles is 1. The standard InChI is InChI=1S/C18H23BN4O3/c1-17(2)18(3,4)26-19(25-17)14-11-21-16-13(12(14)9-20)10-22-23(16)15-7-5-6-8-24-15/h10-11,15H,5-8H2,1-4H3. The minimum absolute atomic E-state index is 0.122. The van der Waals surface area contributed by atoms with Crippen LogP contribution in [0.1, 0.15) is 58.7 Å². The largest absolute Gasteiger partial charge is 0.497 e. The molecule has 7 nitrogen and oxygen atoms in total. The van der Waals surface area contributed by atoms with Crippen LogP contribution in [0.25, 0.3) is 11.0 Å². The molecule has 0 aromatic carbocycles. The Morgan fingerprint density at radius 1 is 1.19 bits per heavy atom. The number of aromatic nitrogens is 3. The fourth-order valence-electron chi connectivity index (χ4n) is 3.41. The van der Waals surface area contributed by atoms with E-state index >= 15 is 0 Å². The van der Waals surface area contributed by atoms with Crippen molar-refractivity contribution in [2.75, 3.05) is 6.61 Å². The van der Waals surface area contributed by atoms with Gasteiger partial charge in [0, 0.05) is 18.3 Å². The highest BCUT2D eigenvalue weighted by Gasteiger charge is 2.52. The monoisotopic (exact) mass is 354 g/mol. The summed E-state index contributed by atoms with van der Waals surface area (Å²) in [5, 5.41) is 15.0. The Morgan fingerprint density at radius 3 is 2.54 bits per heavy atom. The van der Waals surface area contributed by atoms with Gasteiger partial charge in [0.15, 0.2) is 11.9 Å². The first kappa shape index (κ1) is 17.5. The van der Waals surface area contributed by atoms with Gasteiger partial charge in [-0.1, -0.05) is 0 Å². The molecule has 2 aromatic heterocycles. The number of pyridine rings is 1. The van der Waals surface area contributed by atoms with Crippen LogP contribution in [0.5, 0.6) is 0 Å². The molecule has 0 spiro atoms. The normalized spacial score (nSPS) is 24.7. The topological polar surface area (TPSA) is 82.2 Å². The molecule has 4 rings (SSSR count). The maximum absolute atomic E-state index is 9.80. The summed E-state index contributed by atoms with van der Waals surface area (Å²) in [6, 6.07) is 2.29. The van der Waals surface area contributed by atoms with Crippen LogP contribution < -0.4 is 5.46 Å². The first-order valence-corrected chi connectivity index (χ1v) is 9.07. The molecular weight excluding hydrogens is 331 g/mol. The number of fused-ring (bicyclic) bond motifs is 1. The predicted octanol–water partition coefficient (Wildman–Crippen LogP) is 2.30. The first-order valence-electron chi connectivity index (χ1n) is 9.07. The molecule has 2 saturated heterocycles. The molecule has 2 aromatic rings. The summed E-state index contributed by atoms with van der Waals surface area (Å²) in [6.07, 6.45) is 6.31. The second kappa shape index (κ2) is 6.05. The molecule has 0 N–H and O–H groups in total. The van der Waals surface area contributed by atoms with Crippen LogP contribution in [0.15, 0.2) is 12.4 Å². The third kappa shape index (κ3) is 2.62. The van der Waals surface area contributed by atoms with Gasteiger partial charge in [-0.3, -0.25) is 0 Å². The molecule has 136 valence electrons. The van der Waals surface area contributed by atoms with Crippen molar-refractivity contribution >= 4 is 23.6 Å². The summed E-state index contributed by atoms with van der Waals surface area (Å²) in [4.78, 5) is 4.57. The van der Waals surface area contributed by atoms with E-state index in [-0.39, 0.29) is 6.23 Å². The molecule has 0 amide bonds. The second-order valence-electron chi connectivity index (χ2n) is 7.94. The van der Waals surface area contributed by atoms with Gasteiger partial charge in [-0.2, -0.15) is 10.4 Å². The SMILES string of the molecule is CC1(C)OB(c2cnc3c(cnn3C3CCCCO3)c2C#N)OC1(C)C. The van der Waals surface area contributed by atoms with E-state index in [1.807, 2.05) is 27.7 Å². The van der Waals surface area contributed by atoms with Gasteiger partial charge in [-0.05, 0) is 47.0 Å². The lowest BCUT2D eigenvalue weighted by Gasteiger charge is -2.32. The van der Waals surface area contributed by atoms with Crippen LogP contribution in [-0.2, 0) is 14.0 Å². The maximum atomic E-state index is 9.80. The molecule has 0 bridgehead atoms. The quantitative estimate of drug-likeness (QED) is 0.770.